The van der Waals surface area contributed by atoms with Gasteiger partial charge in [0.25, 0.3) is 5.56 Å². The highest BCUT2D eigenvalue weighted by molar-refractivity contribution is 6.06. The van der Waals surface area contributed by atoms with Crippen LogP contribution >= 0.6 is 0 Å². The fraction of sp³-hybridized carbons (Fsp3) is 0.500. The number of hydrogen-bond acceptors (Lipinski definition) is 5. The highest BCUT2D eigenvalue weighted by Crippen LogP contribution is 2.30. The summed E-state index contributed by atoms with van der Waals surface area (Å²) in [6, 6.07) is 5.63. The Morgan fingerprint density at radius 3 is 2.52 bits per heavy atom. The zero-order chi connectivity index (χ0) is 24.5. The molecule has 178 valence electrons. The van der Waals surface area contributed by atoms with Crippen molar-refractivity contribution in [2.45, 2.75) is 66.5 Å². The normalized spacial score (nSPS) is 12.9. The Labute approximate surface area is 195 Å². The lowest BCUT2D eigenvalue weighted by Gasteiger charge is -2.25. The number of hydrogen-bond donors (Lipinski definition) is 1. The summed E-state index contributed by atoms with van der Waals surface area (Å²) in [5.41, 5.74) is 1.82. The van der Waals surface area contributed by atoms with Crippen molar-refractivity contribution < 1.29 is 14.3 Å². The van der Waals surface area contributed by atoms with Crippen LogP contribution < -0.4 is 15.6 Å². The van der Waals surface area contributed by atoms with E-state index in [0.717, 1.165) is 34.0 Å². The third-order valence-corrected chi connectivity index (χ3v) is 5.52. The molecule has 1 N–H and O–H groups in total. The van der Waals surface area contributed by atoms with Crippen molar-refractivity contribution in [3.63, 3.8) is 0 Å². The molecule has 0 spiro atoms. The number of ether oxygens (including phenoxy) is 2. The van der Waals surface area contributed by atoms with Gasteiger partial charge in [-0.2, -0.15) is 0 Å². The van der Waals surface area contributed by atoms with Crippen LogP contribution in [0.2, 0.25) is 0 Å². The lowest BCUT2D eigenvalue weighted by molar-refractivity contribution is 0.0480. The Bertz CT molecular complexity index is 1240. The summed E-state index contributed by atoms with van der Waals surface area (Å²) in [7, 11) is 1.77. The van der Waals surface area contributed by atoms with Gasteiger partial charge in [0.2, 0.25) is 0 Å². The Balaban J connectivity index is 1.92. The lowest BCUT2D eigenvalue weighted by atomic mass is 10.0. The molecule has 1 atom stereocenters. The summed E-state index contributed by atoms with van der Waals surface area (Å²) < 4.78 is 13.2. The molecule has 0 aliphatic heterocycles. The van der Waals surface area contributed by atoms with Crippen LogP contribution in [0.4, 0.5) is 4.79 Å². The van der Waals surface area contributed by atoms with Crippen LogP contribution in [-0.2, 0) is 11.8 Å². The largest absolute Gasteiger partial charge is 0.491 e. The van der Waals surface area contributed by atoms with Gasteiger partial charge in [0, 0.05) is 24.7 Å². The SMILES string of the molecule is Cc1cc2c3ccnc(C)c3c(=O)n(C)c2cc1OC[C@H](CC(C)C)NC(=O)OC(C)(C)C. The van der Waals surface area contributed by atoms with Gasteiger partial charge in [0.05, 0.1) is 22.6 Å². The minimum absolute atomic E-state index is 0.0813. The van der Waals surface area contributed by atoms with Crippen molar-refractivity contribution in [2.24, 2.45) is 13.0 Å². The maximum absolute atomic E-state index is 13.0. The molecule has 0 saturated heterocycles. The van der Waals surface area contributed by atoms with Crippen LogP contribution in [0.15, 0.2) is 29.2 Å². The Morgan fingerprint density at radius 1 is 1.18 bits per heavy atom. The van der Waals surface area contributed by atoms with Gasteiger partial charge in [-0.05, 0) is 70.0 Å². The van der Waals surface area contributed by atoms with Gasteiger partial charge in [0.15, 0.2) is 0 Å². The number of nitrogens with one attached hydrogen (secondary N) is 1. The second-order valence-electron chi connectivity index (χ2n) is 10.1. The maximum Gasteiger partial charge on any atom is 0.407 e. The average Bonchev–Trinajstić information content (AvgIpc) is 2.68. The van der Waals surface area contributed by atoms with Crippen LogP contribution in [0, 0.1) is 19.8 Å². The zero-order valence-electron chi connectivity index (χ0n) is 20.9. The van der Waals surface area contributed by atoms with Crippen LogP contribution in [0.5, 0.6) is 5.75 Å². The number of amides is 1. The van der Waals surface area contributed by atoms with Crippen molar-refractivity contribution in [3.05, 3.63) is 46.0 Å². The third kappa shape index (κ3) is 5.64. The Morgan fingerprint density at radius 2 is 1.88 bits per heavy atom. The number of pyridine rings is 2. The number of carbonyl (C=O) groups is 1. The summed E-state index contributed by atoms with van der Waals surface area (Å²) in [6.07, 6.45) is 2.03. The smallest absolute Gasteiger partial charge is 0.407 e. The molecule has 0 saturated carbocycles. The van der Waals surface area contributed by atoms with Gasteiger partial charge >= 0.3 is 6.09 Å². The van der Waals surface area contributed by atoms with E-state index in [4.69, 9.17) is 9.47 Å². The molecule has 7 heteroatoms. The highest BCUT2D eigenvalue weighted by atomic mass is 16.6. The molecular weight excluding hydrogens is 418 g/mol. The van der Waals surface area contributed by atoms with Gasteiger partial charge in [-0.15, -0.1) is 0 Å². The topological polar surface area (TPSA) is 82.5 Å². The summed E-state index contributed by atoms with van der Waals surface area (Å²) in [4.78, 5) is 29.6. The van der Waals surface area contributed by atoms with Crippen LogP contribution in [0.3, 0.4) is 0 Å². The van der Waals surface area contributed by atoms with Gasteiger partial charge in [-0.1, -0.05) is 13.8 Å². The first kappa shape index (κ1) is 24.6. The minimum Gasteiger partial charge on any atom is -0.491 e. The summed E-state index contributed by atoms with van der Waals surface area (Å²) in [5.74, 6) is 1.05. The molecule has 0 unspecified atom stereocenters. The number of fused-ring (bicyclic) bond motifs is 3. The number of aromatic nitrogens is 2. The standard InChI is InChI=1S/C26H35N3O4/c1-15(2)11-18(28-25(31)33-26(5,6)7)14-32-22-13-21-20(12-16(22)3)19-9-10-27-17(4)23(19)24(30)29(21)8/h9-10,12-13,15,18H,11,14H2,1-8H3,(H,28,31)/t18-/m0/s1. The Kier molecular flexibility index (Phi) is 7.00. The molecule has 0 aliphatic rings. The van der Waals surface area contributed by atoms with E-state index < -0.39 is 11.7 Å². The maximum atomic E-state index is 13.0. The number of carbonyl (C=O) groups excluding carboxylic acids is 1. The molecule has 2 heterocycles. The molecule has 0 bridgehead atoms. The molecule has 0 aliphatic carbocycles. The van der Waals surface area contributed by atoms with Crippen molar-refractivity contribution in [2.75, 3.05) is 6.61 Å². The molecule has 3 aromatic rings. The fourth-order valence-electron chi connectivity index (χ4n) is 4.07. The van der Waals surface area contributed by atoms with Gasteiger partial charge in [-0.25, -0.2) is 4.79 Å². The van der Waals surface area contributed by atoms with E-state index >= 15 is 0 Å². The predicted octanol–water partition coefficient (Wildman–Crippen LogP) is 5.02. The van der Waals surface area contributed by atoms with Gasteiger partial charge in [0.1, 0.15) is 18.0 Å². The van der Waals surface area contributed by atoms with Crippen LogP contribution in [0.1, 0.15) is 52.3 Å². The van der Waals surface area contributed by atoms with Crippen molar-refractivity contribution in [1.82, 2.24) is 14.9 Å². The third-order valence-electron chi connectivity index (χ3n) is 5.52. The highest BCUT2D eigenvalue weighted by Gasteiger charge is 2.21. The van der Waals surface area contributed by atoms with Crippen molar-refractivity contribution in [1.29, 1.82) is 0 Å². The second-order valence-corrected chi connectivity index (χ2v) is 10.1. The molecule has 0 radical (unpaired) electrons. The van der Waals surface area contributed by atoms with E-state index in [0.29, 0.717) is 23.7 Å². The molecule has 33 heavy (non-hydrogen) atoms. The first-order valence-corrected chi connectivity index (χ1v) is 11.4. The molecule has 1 amide bonds. The number of rotatable bonds is 6. The first-order chi connectivity index (χ1) is 15.4. The lowest BCUT2D eigenvalue weighted by Crippen LogP contribution is -2.42. The summed E-state index contributed by atoms with van der Waals surface area (Å²) >= 11 is 0. The molecule has 7 nitrogen and oxygen atoms in total. The van der Waals surface area contributed by atoms with E-state index in [1.807, 2.05) is 52.8 Å². The van der Waals surface area contributed by atoms with E-state index in [1.54, 1.807) is 17.8 Å². The molecule has 0 fully saturated rings. The van der Waals surface area contributed by atoms with E-state index in [-0.39, 0.29) is 11.6 Å². The van der Waals surface area contributed by atoms with Gasteiger partial charge in [-0.3, -0.25) is 9.78 Å². The number of benzene rings is 1. The summed E-state index contributed by atoms with van der Waals surface area (Å²) in [6.45, 7) is 13.9. The molecule has 1 aromatic carbocycles. The predicted molar refractivity (Wildman–Crippen MR) is 132 cm³/mol. The molecule has 2 aromatic heterocycles. The number of nitrogens with zero attached hydrogens (tertiary/aromatic N) is 2. The quantitative estimate of drug-likeness (QED) is 0.530. The second kappa shape index (κ2) is 9.41. The van der Waals surface area contributed by atoms with Crippen LogP contribution in [-0.4, -0.2) is 33.9 Å². The zero-order valence-corrected chi connectivity index (χ0v) is 20.9. The van der Waals surface area contributed by atoms with E-state index in [9.17, 15) is 9.59 Å². The average molecular weight is 454 g/mol. The van der Waals surface area contributed by atoms with E-state index in [1.165, 1.54) is 0 Å². The number of aryl methyl sites for hydroxylation is 3. The number of alkyl carbamates (subject to hydrolysis) is 1. The van der Waals surface area contributed by atoms with Crippen LogP contribution in [0.25, 0.3) is 21.7 Å². The van der Waals surface area contributed by atoms with Crippen molar-refractivity contribution in [3.8, 4) is 5.75 Å². The molecular formula is C26H35N3O4. The first-order valence-electron chi connectivity index (χ1n) is 11.4. The monoisotopic (exact) mass is 453 g/mol. The molecule has 3 rings (SSSR count). The van der Waals surface area contributed by atoms with Gasteiger partial charge < -0.3 is 19.4 Å². The fourth-order valence-corrected chi connectivity index (χ4v) is 4.07. The summed E-state index contributed by atoms with van der Waals surface area (Å²) in [5, 5.41) is 5.44. The Hall–Kier alpha value is -3.09. The minimum atomic E-state index is -0.566. The van der Waals surface area contributed by atoms with E-state index in [2.05, 4.69) is 24.1 Å². The van der Waals surface area contributed by atoms with Crippen molar-refractivity contribution >= 4 is 27.8 Å².